The second-order valence-electron chi connectivity index (χ2n) is 7.38. The fourth-order valence-corrected chi connectivity index (χ4v) is 2.54. The number of rotatable bonds is 6. The smallest absolute Gasteiger partial charge is 0.133 e. The van der Waals surface area contributed by atoms with Crippen molar-refractivity contribution in [3.8, 4) is 0 Å². The van der Waals surface area contributed by atoms with Crippen LogP contribution < -0.4 is 10.2 Å². The van der Waals surface area contributed by atoms with Gasteiger partial charge in [0.05, 0.1) is 0 Å². The second-order valence-corrected chi connectivity index (χ2v) is 8.30. The number of hydrogen-bond acceptors (Lipinski definition) is 3. The van der Waals surface area contributed by atoms with Gasteiger partial charge in [-0.25, -0.2) is 4.98 Å². The summed E-state index contributed by atoms with van der Waals surface area (Å²) in [5.41, 5.74) is 1.34. The Morgan fingerprint density at radius 2 is 1.86 bits per heavy atom. The van der Waals surface area contributed by atoms with Crippen molar-refractivity contribution in [2.45, 2.75) is 66.6 Å². The van der Waals surface area contributed by atoms with Crippen LogP contribution in [0.4, 0.5) is 5.82 Å². The summed E-state index contributed by atoms with van der Waals surface area (Å²) in [7, 11) is 0. The summed E-state index contributed by atoms with van der Waals surface area (Å²) in [4.78, 5) is 7.09. The van der Waals surface area contributed by atoms with E-state index in [1.807, 2.05) is 6.20 Å². The molecule has 0 spiro atoms. The number of aromatic nitrogens is 1. The molecule has 0 radical (unpaired) electrons. The number of anilines is 1. The molecule has 1 aromatic heterocycles. The van der Waals surface area contributed by atoms with Crippen LogP contribution in [0.25, 0.3) is 0 Å². The third kappa shape index (κ3) is 6.35. The van der Waals surface area contributed by atoms with Crippen molar-refractivity contribution in [2.24, 2.45) is 5.92 Å². The van der Waals surface area contributed by atoms with Crippen molar-refractivity contribution in [2.75, 3.05) is 11.4 Å². The molecular formula is C17H30BrN3. The van der Waals surface area contributed by atoms with E-state index >= 15 is 0 Å². The van der Waals surface area contributed by atoms with E-state index < -0.39 is 0 Å². The van der Waals surface area contributed by atoms with Crippen molar-refractivity contribution in [1.29, 1.82) is 0 Å². The molecule has 1 heterocycles. The zero-order valence-electron chi connectivity index (χ0n) is 14.5. The van der Waals surface area contributed by atoms with Gasteiger partial charge in [-0.3, -0.25) is 0 Å². The molecule has 0 aliphatic rings. The van der Waals surface area contributed by atoms with Crippen LogP contribution in [0.2, 0.25) is 0 Å². The Morgan fingerprint density at radius 1 is 1.24 bits per heavy atom. The minimum absolute atomic E-state index is 0.0975. The average molecular weight is 356 g/mol. The Balaban J connectivity index is 3.08. The topological polar surface area (TPSA) is 28.2 Å². The predicted octanol–water partition coefficient (Wildman–Crippen LogP) is 4.60. The molecule has 0 bridgehead atoms. The number of hydrogen-bond donors (Lipinski definition) is 1. The molecule has 1 rings (SSSR count). The highest BCUT2D eigenvalue weighted by Crippen LogP contribution is 2.25. The van der Waals surface area contributed by atoms with Gasteiger partial charge in [0, 0.05) is 40.9 Å². The molecule has 120 valence electrons. The molecule has 0 unspecified atom stereocenters. The molecule has 0 amide bonds. The fraction of sp³-hybridized carbons (Fsp3) is 0.706. The molecule has 4 heteroatoms. The van der Waals surface area contributed by atoms with Crippen LogP contribution in [-0.2, 0) is 6.54 Å². The van der Waals surface area contributed by atoms with Gasteiger partial charge in [0.25, 0.3) is 0 Å². The Hall–Kier alpha value is -0.610. The maximum Gasteiger partial charge on any atom is 0.133 e. The highest BCUT2D eigenvalue weighted by Gasteiger charge is 2.19. The standard InChI is InChI=1S/C17H30BrN3/c1-12(2)11-21(13(3)4)16-14(8-15(18)10-19-16)9-20-17(5,6)7/h8,10,12-13,20H,9,11H2,1-7H3. The van der Waals surface area contributed by atoms with Crippen LogP contribution in [0.5, 0.6) is 0 Å². The molecule has 0 atom stereocenters. The van der Waals surface area contributed by atoms with Crippen molar-refractivity contribution >= 4 is 21.7 Å². The van der Waals surface area contributed by atoms with E-state index in [0.717, 1.165) is 23.4 Å². The molecule has 1 aromatic rings. The molecule has 3 nitrogen and oxygen atoms in total. The maximum atomic E-state index is 4.69. The number of halogens is 1. The lowest BCUT2D eigenvalue weighted by molar-refractivity contribution is 0.423. The van der Waals surface area contributed by atoms with Gasteiger partial charge in [-0.2, -0.15) is 0 Å². The minimum Gasteiger partial charge on any atom is -0.354 e. The van der Waals surface area contributed by atoms with E-state index in [2.05, 4.69) is 80.7 Å². The first-order valence-electron chi connectivity index (χ1n) is 7.76. The Morgan fingerprint density at radius 3 is 2.33 bits per heavy atom. The van der Waals surface area contributed by atoms with Crippen LogP contribution >= 0.6 is 15.9 Å². The van der Waals surface area contributed by atoms with Gasteiger partial charge in [0.1, 0.15) is 5.82 Å². The highest BCUT2D eigenvalue weighted by molar-refractivity contribution is 9.10. The van der Waals surface area contributed by atoms with Gasteiger partial charge in [0.2, 0.25) is 0 Å². The van der Waals surface area contributed by atoms with Crippen LogP contribution in [0.3, 0.4) is 0 Å². The van der Waals surface area contributed by atoms with Gasteiger partial charge in [-0.1, -0.05) is 13.8 Å². The number of nitrogens with one attached hydrogen (secondary N) is 1. The predicted molar refractivity (Wildman–Crippen MR) is 95.8 cm³/mol. The summed E-state index contributed by atoms with van der Waals surface area (Å²) in [5.74, 6) is 1.71. The second kappa shape index (κ2) is 7.59. The summed E-state index contributed by atoms with van der Waals surface area (Å²) in [6.45, 7) is 17.4. The van der Waals surface area contributed by atoms with E-state index in [1.54, 1.807) is 0 Å². The molecular weight excluding hydrogens is 326 g/mol. The first kappa shape index (κ1) is 18.4. The first-order chi connectivity index (χ1) is 9.60. The van der Waals surface area contributed by atoms with Gasteiger partial charge in [-0.05, 0) is 62.5 Å². The largest absolute Gasteiger partial charge is 0.354 e. The molecule has 0 saturated carbocycles. The van der Waals surface area contributed by atoms with Gasteiger partial charge in [0.15, 0.2) is 0 Å². The van der Waals surface area contributed by atoms with E-state index in [4.69, 9.17) is 4.98 Å². The summed E-state index contributed by atoms with van der Waals surface area (Å²) in [5, 5.41) is 3.57. The van der Waals surface area contributed by atoms with E-state index in [1.165, 1.54) is 5.56 Å². The van der Waals surface area contributed by atoms with Crippen molar-refractivity contribution in [3.63, 3.8) is 0 Å². The minimum atomic E-state index is 0.0975. The van der Waals surface area contributed by atoms with Gasteiger partial charge >= 0.3 is 0 Å². The van der Waals surface area contributed by atoms with Crippen molar-refractivity contribution in [3.05, 3.63) is 22.3 Å². The molecule has 0 aliphatic heterocycles. The lowest BCUT2D eigenvalue weighted by Crippen LogP contribution is -2.38. The summed E-state index contributed by atoms with van der Waals surface area (Å²) in [6.07, 6.45) is 1.89. The fourth-order valence-electron chi connectivity index (χ4n) is 2.16. The Kier molecular flexibility index (Phi) is 6.67. The summed E-state index contributed by atoms with van der Waals surface area (Å²) >= 11 is 3.54. The maximum absolute atomic E-state index is 4.69. The van der Waals surface area contributed by atoms with Crippen molar-refractivity contribution in [1.82, 2.24) is 10.3 Å². The average Bonchev–Trinajstić information content (AvgIpc) is 2.32. The Bertz CT molecular complexity index is 450. The Labute approximate surface area is 138 Å². The molecule has 0 saturated heterocycles. The van der Waals surface area contributed by atoms with Crippen LogP contribution in [0.1, 0.15) is 54.0 Å². The van der Waals surface area contributed by atoms with Crippen LogP contribution in [0, 0.1) is 5.92 Å². The van der Waals surface area contributed by atoms with E-state index in [-0.39, 0.29) is 5.54 Å². The number of pyridine rings is 1. The summed E-state index contributed by atoms with van der Waals surface area (Å²) < 4.78 is 1.03. The molecule has 0 aromatic carbocycles. The monoisotopic (exact) mass is 355 g/mol. The third-order valence-corrected chi connectivity index (χ3v) is 3.61. The van der Waals surface area contributed by atoms with Gasteiger partial charge in [-0.15, -0.1) is 0 Å². The molecule has 1 N–H and O–H groups in total. The number of nitrogens with zero attached hydrogens (tertiary/aromatic N) is 2. The lowest BCUT2D eigenvalue weighted by Gasteiger charge is -2.32. The summed E-state index contributed by atoms with van der Waals surface area (Å²) in [6, 6.07) is 2.62. The van der Waals surface area contributed by atoms with E-state index in [0.29, 0.717) is 12.0 Å². The van der Waals surface area contributed by atoms with Gasteiger partial charge < -0.3 is 10.2 Å². The normalized spacial score (nSPS) is 12.3. The zero-order valence-corrected chi connectivity index (χ0v) is 16.1. The third-order valence-electron chi connectivity index (χ3n) is 3.18. The quantitative estimate of drug-likeness (QED) is 0.807. The lowest BCUT2D eigenvalue weighted by atomic mass is 10.1. The van der Waals surface area contributed by atoms with Crippen LogP contribution in [-0.4, -0.2) is 23.1 Å². The first-order valence-corrected chi connectivity index (χ1v) is 8.55. The highest BCUT2D eigenvalue weighted by atomic mass is 79.9. The van der Waals surface area contributed by atoms with Crippen LogP contribution in [0.15, 0.2) is 16.7 Å². The van der Waals surface area contributed by atoms with Crippen molar-refractivity contribution < 1.29 is 0 Å². The molecule has 0 aliphatic carbocycles. The SMILES string of the molecule is CC(C)CN(c1ncc(Br)cc1CNC(C)(C)C)C(C)C. The van der Waals surface area contributed by atoms with E-state index in [9.17, 15) is 0 Å². The molecule has 0 fully saturated rings. The zero-order chi connectivity index (χ0) is 16.2. The molecule has 21 heavy (non-hydrogen) atoms.